The molecular weight excluding hydrogens is 294 g/mol. The molecular formula is C15H25N7O. The Morgan fingerprint density at radius 1 is 1.39 bits per heavy atom. The van der Waals surface area contributed by atoms with Gasteiger partial charge in [0.05, 0.1) is 12.6 Å². The largest absolute Gasteiger partial charge is 0.377 e. The monoisotopic (exact) mass is 319 g/mol. The van der Waals surface area contributed by atoms with Gasteiger partial charge in [0.1, 0.15) is 18.8 Å². The molecule has 0 radical (unpaired) electrons. The molecule has 3 heterocycles. The maximum atomic E-state index is 5.11. The highest BCUT2D eigenvalue weighted by atomic mass is 16.5. The van der Waals surface area contributed by atoms with Crippen molar-refractivity contribution in [3.8, 4) is 0 Å². The Morgan fingerprint density at radius 3 is 3.04 bits per heavy atom. The highest BCUT2D eigenvalue weighted by Gasteiger charge is 2.28. The number of rotatable bonds is 6. The maximum absolute atomic E-state index is 5.11. The summed E-state index contributed by atoms with van der Waals surface area (Å²) >= 11 is 0. The van der Waals surface area contributed by atoms with Crippen molar-refractivity contribution >= 4 is 0 Å². The van der Waals surface area contributed by atoms with Gasteiger partial charge in [0, 0.05) is 13.2 Å². The van der Waals surface area contributed by atoms with E-state index in [4.69, 9.17) is 4.74 Å². The van der Waals surface area contributed by atoms with E-state index < -0.39 is 0 Å². The summed E-state index contributed by atoms with van der Waals surface area (Å²) in [7, 11) is 1.66. The molecule has 1 aliphatic heterocycles. The molecule has 2 aromatic rings. The molecule has 1 N–H and O–H groups in total. The van der Waals surface area contributed by atoms with Gasteiger partial charge in [0.25, 0.3) is 0 Å². The molecule has 0 unspecified atom stereocenters. The molecule has 1 aliphatic rings. The third kappa shape index (κ3) is 3.59. The fraction of sp³-hybridized carbons (Fsp3) is 0.733. The normalized spacial score (nSPS) is 19.6. The van der Waals surface area contributed by atoms with Crippen molar-refractivity contribution in [2.24, 2.45) is 0 Å². The first kappa shape index (κ1) is 16.1. The number of nitrogens with zero attached hydrogens (tertiary/aromatic N) is 6. The molecule has 126 valence electrons. The van der Waals surface area contributed by atoms with Crippen LogP contribution in [0.1, 0.15) is 62.7 Å². The molecule has 0 saturated carbocycles. The molecule has 0 amide bonds. The average Bonchev–Trinajstić information content (AvgIpc) is 3.18. The molecule has 8 heteroatoms. The van der Waals surface area contributed by atoms with Crippen LogP contribution in [0.2, 0.25) is 0 Å². The molecule has 1 saturated heterocycles. The van der Waals surface area contributed by atoms with Crippen LogP contribution in [0.15, 0.2) is 6.33 Å². The predicted octanol–water partition coefficient (Wildman–Crippen LogP) is 1.85. The van der Waals surface area contributed by atoms with Crippen LogP contribution in [0.4, 0.5) is 0 Å². The fourth-order valence-corrected chi connectivity index (χ4v) is 3.13. The molecule has 1 atom stereocenters. The lowest BCUT2D eigenvalue weighted by atomic mass is 10.0. The van der Waals surface area contributed by atoms with E-state index in [9.17, 15) is 0 Å². The standard InChI is InChI=1S/C15H25N7O/c1-11(2)22-14(16-10-17-22)8-21-7-5-4-6-12(21)15-18-13(9-23-3)19-20-15/h10-12H,4-9H2,1-3H3,(H,18,19,20)/t12-/m1/s1. The van der Waals surface area contributed by atoms with Gasteiger partial charge in [-0.05, 0) is 33.2 Å². The quantitative estimate of drug-likeness (QED) is 0.874. The van der Waals surface area contributed by atoms with Crippen molar-refractivity contribution in [1.29, 1.82) is 0 Å². The lowest BCUT2D eigenvalue weighted by Crippen LogP contribution is -2.34. The van der Waals surface area contributed by atoms with Gasteiger partial charge < -0.3 is 4.74 Å². The van der Waals surface area contributed by atoms with Crippen LogP contribution < -0.4 is 0 Å². The summed E-state index contributed by atoms with van der Waals surface area (Å²) < 4.78 is 7.10. The van der Waals surface area contributed by atoms with Crippen LogP contribution >= 0.6 is 0 Å². The van der Waals surface area contributed by atoms with Crippen LogP contribution in [0.5, 0.6) is 0 Å². The number of aromatic nitrogens is 6. The maximum Gasteiger partial charge on any atom is 0.167 e. The third-order valence-electron chi connectivity index (χ3n) is 4.22. The number of hydrogen-bond acceptors (Lipinski definition) is 6. The molecule has 0 aliphatic carbocycles. The van der Waals surface area contributed by atoms with Crippen LogP contribution in [0, 0.1) is 0 Å². The molecule has 1 fully saturated rings. The lowest BCUT2D eigenvalue weighted by molar-refractivity contribution is 0.127. The number of H-pyrrole nitrogens is 1. The van der Waals surface area contributed by atoms with E-state index in [1.165, 1.54) is 12.8 Å². The van der Waals surface area contributed by atoms with Gasteiger partial charge >= 0.3 is 0 Å². The number of nitrogens with one attached hydrogen (secondary N) is 1. The molecule has 2 aromatic heterocycles. The highest BCUT2D eigenvalue weighted by Crippen LogP contribution is 2.30. The van der Waals surface area contributed by atoms with Crippen LogP contribution in [0.25, 0.3) is 0 Å². The topological polar surface area (TPSA) is 84.8 Å². The van der Waals surface area contributed by atoms with Crippen molar-refractivity contribution in [2.75, 3.05) is 13.7 Å². The first-order chi connectivity index (χ1) is 11.2. The van der Waals surface area contributed by atoms with Crippen molar-refractivity contribution in [3.05, 3.63) is 23.8 Å². The van der Waals surface area contributed by atoms with E-state index in [1.54, 1.807) is 13.4 Å². The predicted molar refractivity (Wildman–Crippen MR) is 84.5 cm³/mol. The zero-order chi connectivity index (χ0) is 16.2. The summed E-state index contributed by atoms with van der Waals surface area (Å²) in [5.41, 5.74) is 0. The van der Waals surface area contributed by atoms with E-state index in [0.717, 1.165) is 37.0 Å². The molecule has 0 aromatic carbocycles. The Kier molecular flexibility index (Phi) is 5.02. The lowest BCUT2D eigenvalue weighted by Gasteiger charge is -2.33. The Hall–Kier alpha value is -1.80. The van der Waals surface area contributed by atoms with Gasteiger partial charge in [-0.1, -0.05) is 6.42 Å². The number of ether oxygens (including phenoxy) is 1. The summed E-state index contributed by atoms with van der Waals surface area (Å²) in [5.74, 6) is 2.63. The Labute approximate surface area is 136 Å². The van der Waals surface area contributed by atoms with Crippen molar-refractivity contribution in [3.63, 3.8) is 0 Å². The summed E-state index contributed by atoms with van der Waals surface area (Å²) in [6, 6.07) is 0.537. The van der Waals surface area contributed by atoms with E-state index in [2.05, 4.69) is 44.0 Å². The SMILES string of the molecule is COCc1nc([C@H]2CCCCN2Cc2ncnn2C(C)C)n[nH]1. The molecule has 8 nitrogen and oxygen atoms in total. The number of piperidine rings is 1. The second-order valence-corrected chi connectivity index (χ2v) is 6.27. The van der Waals surface area contributed by atoms with Gasteiger partial charge in [-0.2, -0.15) is 10.2 Å². The second kappa shape index (κ2) is 7.18. The van der Waals surface area contributed by atoms with Gasteiger partial charge in [0.15, 0.2) is 11.6 Å². The van der Waals surface area contributed by atoms with E-state index in [-0.39, 0.29) is 6.04 Å². The molecule has 23 heavy (non-hydrogen) atoms. The minimum absolute atomic E-state index is 0.225. The first-order valence-electron chi connectivity index (χ1n) is 8.21. The van der Waals surface area contributed by atoms with Gasteiger partial charge in [0.2, 0.25) is 0 Å². The smallest absolute Gasteiger partial charge is 0.167 e. The molecule has 0 spiro atoms. The second-order valence-electron chi connectivity index (χ2n) is 6.27. The number of likely N-dealkylation sites (tertiary alicyclic amines) is 1. The number of aromatic amines is 1. The zero-order valence-electron chi connectivity index (χ0n) is 14.1. The van der Waals surface area contributed by atoms with E-state index in [0.29, 0.717) is 12.6 Å². The summed E-state index contributed by atoms with van der Waals surface area (Å²) in [6.45, 7) is 6.51. The van der Waals surface area contributed by atoms with Gasteiger partial charge in [-0.15, -0.1) is 0 Å². The summed E-state index contributed by atoms with van der Waals surface area (Å²) in [6.07, 6.45) is 5.10. The Bertz CT molecular complexity index is 621. The van der Waals surface area contributed by atoms with Gasteiger partial charge in [-0.3, -0.25) is 10.00 Å². The van der Waals surface area contributed by atoms with Crippen molar-refractivity contribution in [2.45, 2.75) is 58.3 Å². The van der Waals surface area contributed by atoms with E-state index >= 15 is 0 Å². The number of hydrogen-bond donors (Lipinski definition) is 1. The minimum atomic E-state index is 0.225. The third-order valence-corrected chi connectivity index (χ3v) is 4.22. The Balaban J connectivity index is 1.76. The van der Waals surface area contributed by atoms with Gasteiger partial charge in [-0.25, -0.2) is 14.6 Å². The summed E-state index contributed by atoms with van der Waals surface area (Å²) in [5, 5.41) is 11.7. The first-order valence-corrected chi connectivity index (χ1v) is 8.21. The molecule has 3 rings (SSSR count). The Morgan fingerprint density at radius 2 is 2.26 bits per heavy atom. The van der Waals surface area contributed by atoms with Crippen molar-refractivity contribution in [1.82, 2.24) is 34.8 Å². The van der Waals surface area contributed by atoms with E-state index in [1.807, 2.05) is 4.68 Å². The van der Waals surface area contributed by atoms with Crippen molar-refractivity contribution < 1.29 is 4.74 Å². The van der Waals surface area contributed by atoms with Crippen LogP contribution in [0.3, 0.4) is 0 Å². The highest BCUT2D eigenvalue weighted by molar-refractivity contribution is 5.00. The number of methoxy groups -OCH3 is 1. The fourth-order valence-electron chi connectivity index (χ4n) is 3.13. The molecule has 0 bridgehead atoms. The van der Waals surface area contributed by atoms with Crippen LogP contribution in [-0.2, 0) is 17.9 Å². The zero-order valence-corrected chi connectivity index (χ0v) is 14.1. The minimum Gasteiger partial charge on any atom is -0.377 e. The summed E-state index contributed by atoms with van der Waals surface area (Å²) in [4.78, 5) is 11.4. The average molecular weight is 319 g/mol. The van der Waals surface area contributed by atoms with Crippen LogP contribution in [-0.4, -0.2) is 48.5 Å².